The van der Waals surface area contributed by atoms with E-state index in [1.165, 1.54) is 24.2 Å². The Hall–Kier alpha value is -0.430. The number of hydrogen-bond acceptors (Lipinski definition) is 4. The average Bonchev–Trinajstić information content (AvgIpc) is 3.04. The van der Waals surface area contributed by atoms with Crippen LogP contribution in [0.4, 0.5) is 0 Å². The number of rotatable bonds is 9. The molecule has 1 aliphatic rings. The smallest absolute Gasteiger partial charge is 0.250 e. The summed E-state index contributed by atoms with van der Waals surface area (Å²) in [5.74, 6) is 0.727. The Morgan fingerprint density at radius 2 is 2.15 bits per heavy atom. The normalized spacial score (nSPS) is 17.3. The maximum Gasteiger partial charge on any atom is 0.250 e. The minimum atomic E-state index is -3.35. The van der Waals surface area contributed by atoms with Gasteiger partial charge in [0, 0.05) is 17.5 Å². The topological polar surface area (TPSA) is 58.2 Å². The number of sulfonamides is 1. The van der Waals surface area contributed by atoms with Crippen molar-refractivity contribution in [3.63, 3.8) is 0 Å². The van der Waals surface area contributed by atoms with Crippen LogP contribution in [0, 0.1) is 5.92 Å². The highest BCUT2D eigenvalue weighted by Gasteiger charge is 2.26. The van der Waals surface area contributed by atoms with Crippen LogP contribution in [0.5, 0.6) is 0 Å². The van der Waals surface area contributed by atoms with E-state index in [4.69, 9.17) is 0 Å². The molecule has 0 aliphatic heterocycles. The van der Waals surface area contributed by atoms with Gasteiger partial charge in [-0.15, -0.1) is 11.3 Å². The maximum absolute atomic E-state index is 12.3. The first-order chi connectivity index (χ1) is 9.51. The molecule has 0 bridgehead atoms. The second-order valence-electron chi connectivity index (χ2n) is 5.60. The summed E-state index contributed by atoms with van der Waals surface area (Å²) < 4.78 is 27.7. The molecule has 114 valence electrons. The monoisotopic (exact) mass is 316 g/mol. The van der Waals surface area contributed by atoms with Crippen molar-refractivity contribution < 1.29 is 8.42 Å². The molecule has 4 nitrogen and oxygen atoms in total. The third-order valence-electron chi connectivity index (χ3n) is 3.37. The molecule has 0 amide bonds. The van der Waals surface area contributed by atoms with Crippen LogP contribution in [0.2, 0.25) is 0 Å². The molecule has 1 aromatic rings. The number of hydrogen-bond donors (Lipinski definition) is 2. The summed E-state index contributed by atoms with van der Waals surface area (Å²) >= 11 is 1.35. The van der Waals surface area contributed by atoms with Crippen molar-refractivity contribution >= 4 is 21.4 Å². The first-order valence-electron chi connectivity index (χ1n) is 7.33. The van der Waals surface area contributed by atoms with Crippen LogP contribution >= 0.6 is 11.3 Å². The first-order valence-corrected chi connectivity index (χ1v) is 9.63. The first kappa shape index (κ1) is 15.9. The lowest BCUT2D eigenvalue weighted by atomic mass is 10.2. The summed E-state index contributed by atoms with van der Waals surface area (Å²) in [6, 6.07) is 3.63. The molecule has 1 heterocycles. The maximum atomic E-state index is 12.3. The van der Waals surface area contributed by atoms with E-state index in [0.717, 1.165) is 36.7 Å². The quantitative estimate of drug-likeness (QED) is 0.689. The van der Waals surface area contributed by atoms with Gasteiger partial charge < -0.3 is 5.32 Å². The molecule has 1 fully saturated rings. The lowest BCUT2D eigenvalue weighted by Gasteiger charge is -2.12. The Morgan fingerprint density at radius 3 is 2.80 bits per heavy atom. The molecule has 1 atom stereocenters. The second-order valence-corrected chi connectivity index (χ2v) is 8.71. The third kappa shape index (κ3) is 4.84. The molecule has 6 heteroatoms. The standard InChI is InChI=1S/C14H24N2O2S2/c1-3-8-15-10-13-6-7-14(19-13)20(17,18)16-11(2)9-12-4-5-12/h6-7,11-12,15-16H,3-5,8-10H2,1-2H3. The molecule has 20 heavy (non-hydrogen) atoms. The molecule has 1 aliphatic carbocycles. The summed E-state index contributed by atoms with van der Waals surface area (Å²) in [6.07, 6.45) is 4.53. The van der Waals surface area contributed by atoms with Gasteiger partial charge in [0.1, 0.15) is 4.21 Å². The Balaban J connectivity index is 1.90. The van der Waals surface area contributed by atoms with Crippen LogP contribution < -0.4 is 10.0 Å². The van der Waals surface area contributed by atoms with Gasteiger partial charge in [-0.2, -0.15) is 0 Å². The highest BCUT2D eigenvalue weighted by atomic mass is 32.2. The van der Waals surface area contributed by atoms with E-state index in [9.17, 15) is 8.42 Å². The van der Waals surface area contributed by atoms with Crippen LogP contribution in [0.25, 0.3) is 0 Å². The van der Waals surface area contributed by atoms with Crippen molar-refractivity contribution in [2.75, 3.05) is 6.54 Å². The average molecular weight is 316 g/mol. The number of thiophene rings is 1. The van der Waals surface area contributed by atoms with Gasteiger partial charge in [0.05, 0.1) is 0 Å². The van der Waals surface area contributed by atoms with E-state index in [2.05, 4.69) is 17.0 Å². The van der Waals surface area contributed by atoms with Gasteiger partial charge in [-0.1, -0.05) is 19.8 Å². The fourth-order valence-corrected chi connectivity index (χ4v) is 4.81. The van der Waals surface area contributed by atoms with E-state index < -0.39 is 10.0 Å². The fourth-order valence-electron chi connectivity index (χ4n) is 2.21. The van der Waals surface area contributed by atoms with E-state index in [-0.39, 0.29) is 6.04 Å². The molecule has 0 radical (unpaired) electrons. The highest BCUT2D eigenvalue weighted by Crippen LogP contribution is 2.33. The van der Waals surface area contributed by atoms with E-state index in [0.29, 0.717) is 4.21 Å². The fraction of sp³-hybridized carbons (Fsp3) is 0.714. The minimum absolute atomic E-state index is 0.0243. The second kappa shape index (κ2) is 7.02. The zero-order chi connectivity index (χ0) is 14.6. The van der Waals surface area contributed by atoms with E-state index in [1.807, 2.05) is 13.0 Å². The van der Waals surface area contributed by atoms with Crippen molar-refractivity contribution in [2.24, 2.45) is 5.92 Å². The van der Waals surface area contributed by atoms with Gasteiger partial charge in [-0.3, -0.25) is 0 Å². The van der Waals surface area contributed by atoms with Crippen molar-refractivity contribution in [1.29, 1.82) is 0 Å². The summed E-state index contributed by atoms with van der Waals surface area (Å²) in [7, 11) is -3.35. The van der Waals surface area contributed by atoms with Gasteiger partial charge in [0.15, 0.2) is 0 Å². The summed E-state index contributed by atoms with van der Waals surface area (Å²) in [5, 5.41) is 3.29. The molecular weight excluding hydrogens is 292 g/mol. The van der Waals surface area contributed by atoms with Gasteiger partial charge in [-0.05, 0) is 44.4 Å². The predicted molar refractivity (Wildman–Crippen MR) is 83.4 cm³/mol. The zero-order valence-corrected chi connectivity index (χ0v) is 13.8. The highest BCUT2D eigenvalue weighted by molar-refractivity contribution is 7.91. The Kier molecular flexibility index (Phi) is 5.60. The van der Waals surface area contributed by atoms with Gasteiger partial charge in [-0.25, -0.2) is 13.1 Å². The van der Waals surface area contributed by atoms with Gasteiger partial charge in [0.25, 0.3) is 0 Å². The van der Waals surface area contributed by atoms with Crippen molar-refractivity contribution in [1.82, 2.24) is 10.0 Å². The molecule has 0 saturated heterocycles. The molecule has 1 saturated carbocycles. The molecule has 1 aromatic heterocycles. The van der Waals surface area contributed by atoms with Crippen molar-refractivity contribution in [3.8, 4) is 0 Å². The minimum Gasteiger partial charge on any atom is -0.312 e. The van der Waals surface area contributed by atoms with Crippen LogP contribution in [-0.4, -0.2) is 21.0 Å². The Bertz CT molecular complexity index is 521. The molecule has 2 rings (SSSR count). The van der Waals surface area contributed by atoms with Gasteiger partial charge >= 0.3 is 0 Å². The molecule has 0 spiro atoms. The summed E-state index contributed by atoms with van der Waals surface area (Å²) in [5.41, 5.74) is 0. The largest absolute Gasteiger partial charge is 0.312 e. The lowest BCUT2D eigenvalue weighted by molar-refractivity contribution is 0.531. The lowest BCUT2D eigenvalue weighted by Crippen LogP contribution is -2.32. The SMILES string of the molecule is CCCNCc1ccc(S(=O)(=O)NC(C)CC2CC2)s1. The molecule has 2 N–H and O–H groups in total. The molecule has 1 unspecified atom stereocenters. The molecular formula is C14H24N2O2S2. The number of nitrogens with one attached hydrogen (secondary N) is 2. The predicted octanol–water partition coefficient (Wildman–Crippen LogP) is 2.71. The van der Waals surface area contributed by atoms with Crippen LogP contribution in [0.15, 0.2) is 16.3 Å². The van der Waals surface area contributed by atoms with Gasteiger partial charge in [0.2, 0.25) is 10.0 Å². The third-order valence-corrected chi connectivity index (χ3v) is 6.53. The zero-order valence-electron chi connectivity index (χ0n) is 12.2. The summed E-state index contributed by atoms with van der Waals surface area (Å²) in [6.45, 7) is 5.76. The van der Waals surface area contributed by atoms with E-state index in [1.54, 1.807) is 6.07 Å². The van der Waals surface area contributed by atoms with Crippen LogP contribution in [0.3, 0.4) is 0 Å². The van der Waals surface area contributed by atoms with E-state index >= 15 is 0 Å². The molecule has 0 aromatic carbocycles. The van der Waals surface area contributed by atoms with Crippen LogP contribution in [0.1, 0.15) is 44.4 Å². The summed E-state index contributed by atoms with van der Waals surface area (Å²) in [4.78, 5) is 1.06. The van der Waals surface area contributed by atoms with Crippen molar-refractivity contribution in [2.45, 2.75) is 56.3 Å². The van der Waals surface area contributed by atoms with Crippen molar-refractivity contribution in [3.05, 3.63) is 17.0 Å². The van der Waals surface area contributed by atoms with Crippen LogP contribution in [-0.2, 0) is 16.6 Å². The Morgan fingerprint density at radius 1 is 1.40 bits per heavy atom. The Labute approximate surface area is 126 Å².